The van der Waals surface area contributed by atoms with Crippen LogP contribution in [0.1, 0.15) is 13.8 Å². The third-order valence-corrected chi connectivity index (χ3v) is 0.632. The van der Waals surface area contributed by atoms with Crippen molar-refractivity contribution in [2.75, 3.05) is 27.2 Å². The van der Waals surface area contributed by atoms with Crippen molar-refractivity contribution in [3.05, 3.63) is 10.6 Å². The van der Waals surface area contributed by atoms with Gasteiger partial charge >= 0.3 is 40.8 Å². The van der Waals surface area contributed by atoms with Crippen LogP contribution in [0.15, 0.2) is 0 Å². The van der Waals surface area contributed by atoms with Crippen LogP contribution in [0.25, 0.3) is 10.6 Å². The summed E-state index contributed by atoms with van der Waals surface area (Å²) >= 11 is 0. The van der Waals surface area contributed by atoms with E-state index in [1.54, 1.807) is 14.1 Å². The molecular weight excluding hydrogens is 324 g/mol. The fourth-order valence-corrected chi connectivity index (χ4v) is 0. The number of rotatable bonds is 2. The summed E-state index contributed by atoms with van der Waals surface area (Å²) in [6.07, 6.45) is 0. The van der Waals surface area contributed by atoms with E-state index < -0.39 is 0 Å². The first-order chi connectivity index (χ1) is 3.83. The molecule has 0 atom stereocenters. The summed E-state index contributed by atoms with van der Waals surface area (Å²) in [7, 11) is 3.61. The molecular formula is C6H16BrN2Nd. The summed E-state index contributed by atoms with van der Waals surface area (Å²) in [6, 6.07) is 0. The molecule has 0 aliphatic carbocycles. The molecule has 0 aromatic heterocycles. The van der Waals surface area contributed by atoms with Crippen molar-refractivity contribution in [2.45, 2.75) is 13.8 Å². The van der Waals surface area contributed by atoms with Crippen molar-refractivity contribution in [3.63, 3.8) is 0 Å². The summed E-state index contributed by atoms with van der Waals surface area (Å²) in [5, 5.41) is 7.47. The van der Waals surface area contributed by atoms with E-state index in [1.165, 1.54) is 0 Å². The zero-order chi connectivity index (χ0) is 6.83. The molecule has 1 radical (unpaired) electrons. The van der Waals surface area contributed by atoms with Gasteiger partial charge < -0.3 is 27.6 Å². The van der Waals surface area contributed by atoms with Crippen molar-refractivity contribution in [3.8, 4) is 0 Å². The van der Waals surface area contributed by atoms with Crippen molar-refractivity contribution < 1.29 is 57.8 Å². The van der Waals surface area contributed by atoms with Gasteiger partial charge in [-0.15, -0.1) is 0 Å². The maximum atomic E-state index is 3.74. The number of nitrogens with zero attached hydrogens (tertiary/aromatic N) is 2. The third kappa shape index (κ3) is 53.1. The maximum Gasteiger partial charge on any atom is 3.00 e. The minimum atomic E-state index is 0. The molecule has 0 aromatic rings. The molecule has 0 amide bonds. The predicted octanol–water partition coefficient (Wildman–Crippen LogP) is -0.976. The molecule has 0 spiro atoms. The van der Waals surface area contributed by atoms with E-state index in [1.807, 2.05) is 13.8 Å². The molecule has 0 saturated heterocycles. The van der Waals surface area contributed by atoms with Crippen LogP contribution in [0.4, 0.5) is 0 Å². The smallest absolute Gasteiger partial charge is 1.00 e. The molecule has 0 heterocycles. The zero-order valence-electron chi connectivity index (χ0n) is 7.19. The van der Waals surface area contributed by atoms with Crippen LogP contribution in [0.5, 0.6) is 0 Å². The van der Waals surface area contributed by atoms with Crippen molar-refractivity contribution in [1.82, 2.24) is 0 Å². The Kier molecular flexibility index (Phi) is 69.9. The van der Waals surface area contributed by atoms with Crippen LogP contribution >= 0.6 is 0 Å². The standard InChI is InChI=1S/2C3H8N.BrH.Nd/c2*1-3-4-2;;/h2*3H2,1-2H3;1H;/q2*-1;;+3/p-1. The first-order valence-electron chi connectivity index (χ1n) is 2.94. The van der Waals surface area contributed by atoms with Gasteiger partial charge in [-0.2, -0.15) is 27.2 Å². The van der Waals surface area contributed by atoms with Crippen molar-refractivity contribution >= 4 is 0 Å². The Balaban J connectivity index is -0.0000000300. The number of hydrogen-bond donors (Lipinski definition) is 0. The first-order valence-corrected chi connectivity index (χ1v) is 2.94. The molecule has 0 aliphatic heterocycles. The average Bonchev–Trinajstić information content (AvgIpc) is 1.88. The Hall–Kier alpha value is 1.75. The summed E-state index contributed by atoms with van der Waals surface area (Å²) in [4.78, 5) is 0. The fourth-order valence-electron chi connectivity index (χ4n) is 0. The van der Waals surface area contributed by atoms with Gasteiger partial charge in [0.05, 0.1) is 0 Å². The molecule has 4 heteroatoms. The van der Waals surface area contributed by atoms with Crippen molar-refractivity contribution in [2.24, 2.45) is 0 Å². The quantitative estimate of drug-likeness (QED) is 0.619. The molecule has 61 valence electrons. The Labute approximate surface area is 108 Å². The van der Waals surface area contributed by atoms with E-state index in [2.05, 4.69) is 10.6 Å². The van der Waals surface area contributed by atoms with Gasteiger partial charge in [-0.05, 0) is 0 Å². The summed E-state index contributed by atoms with van der Waals surface area (Å²) in [5.74, 6) is 0. The Morgan fingerprint density at radius 2 is 1.00 bits per heavy atom. The first kappa shape index (κ1) is 22.6. The second-order valence-corrected chi connectivity index (χ2v) is 1.26. The largest absolute Gasteiger partial charge is 3.00 e. The molecule has 0 aromatic carbocycles. The molecule has 0 unspecified atom stereocenters. The molecule has 0 fully saturated rings. The van der Waals surface area contributed by atoms with Gasteiger partial charge in [-0.25, -0.2) is 0 Å². The van der Waals surface area contributed by atoms with Gasteiger partial charge in [-0.1, -0.05) is 13.8 Å². The number of hydrogen-bond acceptors (Lipinski definition) is 0. The van der Waals surface area contributed by atoms with Crippen LogP contribution < -0.4 is 17.0 Å². The molecule has 2 nitrogen and oxygen atoms in total. The van der Waals surface area contributed by atoms with Gasteiger partial charge in [0.25, 0.3) is 0 Å². The molecule has 0 aliphatic rings. The van der Waals surface area contributed by atoms with E-state index in [-0.39, 0.29) is 57.8 Å². The van der Waals surface area contributed by atoms with E-state index in [9.17, 15) is 0 Å². The molecule has 0 rings (SSSR count). The topological polar surface area (TPSA) is 28.2 Å². The van der Waals surface area contributed by atoms with E-state index in [4.69, 9.17) is 0 Å². The number of halogens is 1. The minimum Gasteiger partial charge on any atom is -1.00 e. The summed E-state index contributed by atoms with van der Waals surface area (Å²) in [6.45, 7) is 5.92. The van der Waals surface area contributed by atoms with Crippen LogP contribution in [0.2, 0.25) is 0 Å². The van der Waals surface area contributed by atoms with Gasteiger partial charge in [0.1, 0.15) is 0 Å². The third-order valence-electron chi connectivity index (χ3n) is 0.632. The second-order valence-electron chi connectivity index (χ2n) is 1.26. The molecule has 10 heavy (non-hydrogen) atoms. The van der Waals surface area contributed by atoms with Crippen LogP contribution in [0, 0.1) is 40.8 Å². The Bertz CT molecular complexity index is 23.7. The second kappa shape index (κ2) is 30.9. The molecule has 0 N–H and O–H groups in total. The van der Waals surface area contributed by atoms with Gasteiger partial charge in [-0.3, -0.25) is 0 Å². The van der Waals surface area contributed by atoms with Gasteiger partial charge in [0.15, 0.2) is 0 Å². The van der Waals surface area contributed by atoms with Gasteiger partial charge in [0, 0.05) is 0 Å². The molecule has 0 bridgehead atoms. The summed E-state index contributed by atoms with van der Waals surface area (Å²) in [5.41, 5.74) is 0. The van der Waals surface area contributed by atoms with Crippen LogP contribution in [-0.2, 0) is 0 Å². The van der Waals surface area contributed by atoms with E-state index in [0.717, 1.165) is 13.1 Å². The minimum absolute atomic E-state index is 0. The van der Waals surface area contributed by atoms with Crippen LogP contribution in [0.3, 0.4) is 0 Å². The van der Waals surface area contributed by atoms with Crippen molar-refractivity contribution in [1.29, 1.82) is 0 Å². The predicted molar refractivity (Wildman–Crippen MR) is 39.6 cm³/mol. The average molecular weight is 340 g/mol. The SMILES string of the molecule is CC[N-]C.CC[N-]C.[Br-].[Nd+3]. The fraction of sp³-hybridized carbons (Fsp3) is 1.00. The summed E-state index contributed by atoms with van der Waals surface area (Å²) < 4.78 is 0. The Morgan fingerprint density at radius 3 is 1.00 bits per heavy atom. The Morgan fingerprint density at radius 1 is 0.900 bits per heavy atom. The van der Waals surface area contributed by atoms with E-state index in [0.29, 0.717) is 0 Å². The maximum absolute atomic E-state index is 3.74. The normalized spacial score (nSPS) is 6.00. The van der Waals surface area contributed by atoms with E-state index >= 15 is 0 Å². The molecule has 0 saturated carbocycles. The van der Waals surface area contributed by atoms with Crippen LogP contribution in [-0.4, -0.2) is 27.2 Å². The zero-order valence-corrected chi connectivity index (χ0v) is 12.0. The monoisotopic (exact) mass is 337 g/mol. The van der Waals surface area contributed by atoms with Gasteiger partial charge in [0.2, 0.25) is 0 Å².